The molecular weight excluding hydrogens is 1080 g/mol. The van der Waals surface area contributed by atoms with E-state index in [1.54, 1.807) is 83.1 Å². The molecule has 0 bridgehead atoms. The molecule has 81 heavy (non-hydrogen) atoms. The fourth-order valence-electron chi connectivity index (χ4n) is 8.86. The highest BCUT2D eigenvalue weighted by molar-refractivity contribution is 6.35. The summed E-state index contributed by atoms with van der Waals surface area (Å²) in [7, 11) is 0. The average molecular weight is 1150 g/mol. The van der Waals surface area contributed by atoms with Gasteiger partial charge in [-0.2, -0.15) is 0 Å². The van der Waals surface area contributed by atoms with Crippen LogP contribution in [0.4, 0.5) is 26.7 Å². The zero-order valence-corrected chi connectivity index (χ0v) is 48.3. The number of anilines is 3. The molecule has 5 aromatic carbocycles. The lowest BCUT2D eigenvalue weighted by Gasteiger charge is -2.29. The van der Waals surface area contributed by atoms with Gasteiger partial charge in [-0.3, -0.25) is 43.4 Å². The fourth-order valence-corrected chi connectivity index (χ4v) is 9.19. The summed E-state index contributed by atoms with van der Waals surface area (Å²) in [6, 6.07) is 28.1. The molecule has 428 valence electrons. The molecule has 7 rings (SSSR count). The highest BCUT2D eigenvalue weighted by atomic mass is 35.5. The number of ether oxygens (including phenoxy) is 3. The third-order valence-corrected chi connectivity index (χ3v) is 13.6. The molecule has 21 heteroatoms. The second-order valence-corrected chi connectivity index (χ2v) is 21.1. The number of nitrogens with one attached hydrogen (secondary N) is 3. The summed E-state index contributed by atoms with van der Waals surface area (Å²) in [5, 5.41) is 8.33. The molecule has 19 nitrogen and oxygen atoms in total. The number of nitrogens with zero attached hydrogens (tertiary/aromatic N) is 4. The van der Waals surface area contributed by atoms with Crippen LogP contribution in [0.25, 0.3) is 0 Å². The van der Waals surface area contributed by atoms with Crippen LogP contribution in [0.1, 0.15) is 82.7 Å². The number of benzene rings is 5. The van der Waals surface area contributed by atoms with Crippen molar-refractivity contribution < 1.29 is 57.4 Å². The summed E-state index contributed by atoms with van der Waals surface area (Å²) < 4.78 is 17.2. The van der Waals surface area contributed by atoms with Crippen molar-refractivity contribution in [1.82, 2.24) is 19.6 Å². The highest BCUT2D eigenvalue weighted by Crippen LogP contribution is 2.32. The maximum atomic E-state index is 13.6. The lowest BCUT2D eigenvalue weighted by atomic mass is 9.85. The maximum Gasteiger partial charge on any atom is 0.330 e. The molecule has 0 aromatic heterocycles. The quantitative estimate of drug-likeness (QED) is 0.0460. The SMILES string of the molecule is CCOC1C(=O)N(C(C(=O)Nc2cc(C)ccc2Cl)C(=O)C(C)(C)C)C(=O)N1Cc1ccccc1.CCOC1C(=O)N(C(C(C)=O)C(=O)Nc2cc(NC(=O)C(CC)Oc3ccc(C)cc3C)ccc2Cl)C(=O)N1Cc1ccccc1. The zero-order chi connectivity index (χ0) is 59.5. The molecule has 2 heterocycles. The summed E-state index contributed by atoms with van der Waals surface area (Å²) in [6.45, 7) is 17.2. The van der Waals surface area contributed by atoms with Crippen molar-refractivity contribution in [3.63, 3.8) is 0 Å². The normalized spacial score (nSPS) is 16.3. The van der Waals surface area contributed by atoms with Gasteiger partial charge in [0.15, 0.2) is 29.8 Å². The third-order valence-electron chi connectivity index (χ3n) is 12.9. The second kappa shape index (κ2) is 27.5. The van der Waals surface area contributed by atoms with E-state index in [1.165, 1.54) is 21.9 Å². The van der Waals surface area contributed by atoms with Crippen molar-refractivity contribution in [2.24, 2.45) is 5.41 Å². The first-order valence-electron chi connectivity index (χ1n) is 26.3. The molecule has 0 saturated carbocycles. The van der Waals surface area contributed by atoms with Crippen LogP contribution >= 0.6 is 23.2 Å². The first-order valence-corrected chi connectivity index (χ1v) is 27.0. The molecule has 2 saturated heterocycles. The molecule has 5 atom stereocenters. The number of carbonyl (C=O) groups excluding carboxylic acids is 9. The summed E-state index contributed by atoms with van der Waals surface area (Å²) in [5.74, 6) is -4.54. The van der Waals surface area contributed by atoms with Gasteiger partial charge < -0.3 is 30.2 Å². The zero-order valence-electron chi connectivity index (χ0n) is 46.8. The lowest BCUT2D eigenvalue weighted by molar-refractivity contribution is -0.149. The largest absolute Gasteiger partial charge is 0.480 e. The Morgan fingerprint density at radius 3 is 1.51 bits per heavy atom. The minimum atomic E-state index is -1.80. The Labute approximate surface area is 481 Å². The Morgan fingerprint density at radius 1 is 0.580 bits per heavy atom. The van der Waals surface area contributed by atoms with Gasteiger partial charge in [0.05, 0.1) is 34.5 Å². The van der Waals surface area contributed by atoms with E-state index in [4.69, 9.17) is 37.4 Å². The van der Waals surface area contributed by atoms with Gasteiger partial charge in [0.2, 0.25) is 12.5 Å². The van der Waals surface area contributed by atoms with E-state index in [9.17, 15) is 43.2 Å². The maximum absolute atomic E-state index is 13.6. The number of rotatable bonds is 21. The van der Waals surface area contributed by atoms with Crippen molar-refractivity contribution >= 4 is 93.4 Å². The Balaban J connectivity index is 0.000000271. The van der Waals surface area contributed by atoms with E-state index in [2.05, 4.69) is 16.0 Å². The topological polar surface area (TPSA) is 230 Å². The number of ketones is 2. The van der Waals surface area contributed by atoms with Gasteiger partial charge in [0, 0.05) is 24.3 Å². The van der Waals surface area contributed by atoms with E-state index in [0.29, 0.717) is 22.8 Å². The standard InChI is InChI=1S/C34H37ClN4O7.C26H30ClN3O5/c1-6-27(46-28-16-13-20(3)17-21(28)4)30(41)36-24-14-15-25(35)26(18-24)37-31(42)29(22(5)40)39-32(43)33(45-7-2)38(34(39)44)19-23-11-9-8-10-12-23;1-6-35-24-23(33)30(25(34)29(24)15-17-10-8-7-9-11-17)20(21(31)26(3,4)5)22(32)28-19-14-16(2)12-13-18(19)27/h8-18,27,29,33H,6-7,19H2,1-5H3,(H,36,41)(H,37,42);7-14,20,24H,6,15H2,1-5H3,(H,28,32). The van der Waals surface area contributed by atoms with Crippen LogP contribution in [0.2, 0.25) is 10.0 Å². The number of carbonyl (C=O) groups is 9. The molecular formula is C60H67Cl2N7O12. The number of amides is 9. The summed E-state index contributed by atoms with van der Waals surface area (Å²) in [5.41, 5.74) is 3.92. The molecule has 0 radical (unpaired) electrons. The van der Waals surface area contributed by atoms with Crippen LogP contribution in [0.5, 0.6) is 5.75 Å². The van der Waals surface area contributed by atoms with Crippen LogP contribution < -0.4 is 20.7 Å². The number of halogens is 2. The number of urea groups is 2. The molecule has 5 aromatic rings. The van der Waals surface area contributed by atoms with Gasteiger partial charge in [-0.15, -0.1) is 0 Å². The van der Waals surface area contributed by atoms with Crippen LogP contribution in [0.3, 0.4) is 0 Å². The van der Waals surface area contributed by atoms with Gasteiger partial charge in [-0.1, -0.05) is 135 Å². The summed E-state index contributed by atoms with van der Waals surface area (Å²) in [6.07, 6.45) is -2.98. The molecule has 2 aliphatic heterocycles. The number of hydrogen-bond acceptors (Lipinski definition) is 12. The van der Waals surface area contributed by atoms with Gasteiger partial charge >= 0.3 is 12.1 Å². The first-order chi connectivity index (χ1) is 38.4. The Kier molecular flexibility index (Phi) is 21.1. The molecule has 3 N–H and O–H groups in total. The minimum Gasteiger partial charge on any atom is -0.480 e. The van der Waals surface area contributed by atoms with E-state index in [-0.39, 0.29) is 47.7 Å². The van der Waals surface area contributed by atoms with Crippen molar-refractivity contribution in [2.75, 3.05) is 29.2 Å². The number of imide groups is 2. The van der Waals surface area contributed by atoms with Crippen LogP contribution in [-0.2, 0) is 56.1 Å². The minimum absolute atomic E-state index is 0.0261. The molecule has 9 amide bonds. The van der Waals surface area contributed by atoms with E-state index in [0.717, 1.165) is 39.6 Å². The Hall–Kier alpha value is -7.97. The third kappa shape index (κ3) is 15.1. The predicted molar refractivity (Wildman–Crippen MR) is 306 cm³/mol. The van der Waals surface area contributed by atoms with E-state index >= 15 is 0 Å². The smallest absolute Gasteiger partial charge is 0.330 e. The predicted octanol–water partition coefficient (Wildman–Crippen LogP) is 9.87. The van der Waals surface area contributed by atoms with Gasteiger partial charge in [-0.05, 0) is 107 Å². The van der Waals surface area contributed by atoms with Crippen molar-refractivity contribution in [3.05, 3.63) is 153 Å². The highest BCUT2D eigenvalue weighted by Gasteiger charge is 2.55. The Bertz CT molecular complexity index is 3170. The molecule has 0 spiro atoms. The van der Waals surface area contributed by atoms with Gasteiger partial charge in [0.1, 0.15) is 5.75 Å². The summed E-state index contributed by atoms with van der Waals surface area (Å²) >= 11 is 12.6. The molecule has 0 aliphatic carbocycles. The number of aryl methyl sites for hydroxylation is 3. The first kappa shape index (κ1) is 62.2. The van der Waals surface area contributed by atoms with Crippen molar-refractivity contribution in [2.45, 2.75) is 119 Å². The van der Waals surface area contributed by atoms with Crippen molar-refractivity contribution in [3.8, 4) is 5.75 Å². The van der Waals surface area contributed by atoms with E-state index < -0.39 is 89.2 Å². The second-order valence-electron chi connectivity index (χ2n) is 20.3. The van der Waals surface area contributed by atoms with Crippen LogP contribution in [-0.4, -0.2) is 117 Å². The molecule has 2 fully saturated rings. The molecule has 5 unspecified atom stereocenters. The number of Topliss-reactive ketones (excluding diaryl/α,β-unsaturated/α-hetero) is 2. The monoisotopic (exact) mass is 1150 g/mol. The van der Waals surface area contributed by atoms with Gasteiger partial charge in [-0.25, -0.2) is 19.4 Å². The van der Waals surface area contributed by atoms with Gasteiger partial charge in [0.25, 0.3) is 29.5 Å². The number of hydrogen-bond donors (Lipinski definition) is 3. The lowest BCUT2D eigenvalue weighted by Crippen LogP contribution is -2.55. The molecule has 2 aliphatic rings. The average Bonchev–Trinajstić information content (AvgIpc) is 4.07. The van der Waals surface area contributed by atoms with Crippen LogP contribution in [0.15, 0.2) is 115 Å². The van der Waals surface area contributed by atoms with Crippen molar-refractivity contribution in [1.29, 1.82) is 0 Å². The summed E-state index contributed by atoms with van der Waals surface area (Å²) in [4.78, 5) is 124. The fraction of sp³-hybridized carbons (Fsp3) is 0.350. The van der Waals surface area contributed by atoms with E-state index in [1.807, 2.05) is 82.3 Å². The Morgan fingerprint density at radius 2 is 1.04 bits per heavy atom. The van der Waals surface area contributed by atoms with Crippen LogP contribution in [0, 0.1) is 26.2 Å².